The van der Waals surface area contributed by atoms with Gasteiger partial charge in [0.1, 0.15) is 0 Å². The molecule has 1 aliphatic heterocycles. The lowest BCUT2D eigenvalue weighted by atomic mass is 10.3. The number of carboxylic acids is 1. The van der Waals surface area contributed by atoms with Gasteiger partial charge in [-0.3, -0.25) is 0 Å². The Morgan fingerprint density at radius 2 is 2.60 bits per heavy atom. The first-order chi connectivity index (χ1) is 4.79. The highest BCUT2D eigenvalue weighted by Gasteiger charge is 2.04. The van der Waals surface area contributed by atoms with E-state index in [0.29, 0.717) is 25.5 Å². The molecule has 56 valence electrons. The van der Waals surface area contributed by atoms with Crippen LogP contribution in [0.5, 0.6) is 0 Å². The van der Waals surface area contributed by atoms with Crippen molar-refractivity contribution in [2.45, 2.75) is 0 Å². The van der Waals surface area contributed by atoms with Gasteiger partial charge in [0.2, 0.25) is 0 Å². The summed E-state index contributed by atoms with van der Waals surface area (Å²) in [4.78, 5) is 10.1. The van der Waals surface area contributed by atoms with E-state index in [1.165, 1.54) is 0 Å². The average molecular weight is 143 g/mol. The number of carboxylic acid groups (broad SMARTS) is 1. The van der Waals surface area contributed by atoms with Crippen molar-refractivity contribution in [3.05, 3.63) is 11.8 Å². The fourth-order valence-corrected chi connectivity index (χ4v) is 0.759. The van der Waals surface area contributed by atoms with E-state index in [4.69, 9.17) is 9.84 Å². The lowest BCUT2D eigenvalue weighted by Crippen LogP contribution is -2.29. The van der Waals surface area contributed by atoms with Crippen LogP contribution < -0.4 is 5.32 Å². The third kappa shape index (κ3) is 2.06. The molecular weight excluding hydrogens is 134 g/mol. The highest BCUT2D eigenvalue weighted by atomic mass is 16.5. The van der Waals surface area contributed by atoms with E-state index in [1.54, 1.807) is 0 Å². The van der Waals surface area contributed by atoms with E-state index >= 15 is 0 Å². The number of hydrogen-bond acceptors (Lipinski definition) is 3. The topological polar surface area (TPSA) is 58.6 Å². The molecule has 1 rings (SSSR count). The number of rotatable bonds is 1. The van der Waals surface area contributed by atoms with Gasteiger partial charge < -0.3 is 15.2 Å². The summed E-state index contributed by atoms with van der Waals surface area (Å²) in [5.74, 6) is -0.937. The number of morpholine rings is 1. The van der Waals surface area contributed by atoms with Crippen LogP contribution in [0.1, 0.15) is 0 Å². The molecule has 2 N–H and O–H groups in total. The van der Waals surface area contributed by atoms with Crippen LogP contribution in [0.2, 0.25) is 0 Å². The lowest BCUT2D eigenvalue weighted by Gasteiger charge is -2.16. The van der Waals surface area contributed by atoms with Crippen molar-refractivity contribution in [2.24, 2.45) is 0 Å². The van der Waals surface area contributed by atoms with E-state index in [9.17, 15) is 4.79 Å². The molecule has 0 aromatic carbocycles. The number of nitrogens with one attached hydrogen (secondary N) is 1. The molecular formula is C6H9NO3. The Labute approximate surface area is 58.5 Å². The molecule has 1 saturated heterocycles. The van der Waals surface area contributed by atoms with Gasteiger partial charge in [-0.25, -0.2) is 4.79 Å². The molecule has 0 aliphatic carbocycles. The molecule has 0 unspecified atom stereocenters. The Balaban J connectivity index is 2.45. The van der Waals surface area contributed by atoms with Gasteiger partial charge in [0.25, 0.3) is 0 Å². The van der Waals surface area contributed by atoms with Gasteiger partial charge >= 0.3 is 5.97 Å². The van der Waals surface area contributed by atoms with Crippen LogP contribution in [0.3, 0.4) is 0 Å². The van der Waals surface area contributed by atoms with Crippen LogP contribution >= 0.6 is 0 Å². The zero-order valence-corrected chi connectivity index (χ0v) is 5.46. The molecule has 0 atom stereocenters. The van der Waals surface area contributed by atoms with Gasteiger partial charge in [-0.1, -0.05) is 0 Å². The zero-order chi connectivity index (χ0) is 7.40. The second kappa shape index (κ2) is 3.22. The minimum absolute atomic E-state index is 0.381. The van der Waals surface area contributed by atoms with Crippen molar-refractivity contribution < 1.29 is 14.6 Å². The van der Waals surface area contributed by atoms with Gasteiger partial charge in [0.15, 0.2) is 0 Å². The second-order valence-electron chi connectivity index (χ2n) is 1.99. The normalized spacial score (nSPS) is 22.2. The molecule has 4 heteroatoms. The summed E-state index contributed by atoms with van der Waals surface area (Å²) in [6.07, 6.45) is 1.12. The van der Waals surface area contributed by atoms with Crippen molar-refractivity contribution in [3.8, 4) is 0 Å². The third-order valence-electron chi connectivity index (χ3n) is 1.15. The first kappa shape index (κ1) is 7.08. The molecule has 1 heterocycles. The molecule has 0 spiro atoms. The largest absolute Gasteiger partial charge is 0.478 e. The summed E-state index contributed by atoms with van der Waals surface area (Å²) in [5, 5.41) is 11.2. The summed E-state index contributed by atoms with van der Waals surface area (Å²) >= 11 is 0. The number of ether oxygens (including phenoxy) is 1. The van der Waals surface area contributed by atoms with E-state index < -0.39 is 5.97 Å². The van der Waals surface area contributed by atoms with E-state index in [1.807, 2.05) is 0 Å². The molecule has 10 heavy (non-hydrogen) atoms. The summed E-state index contributed by atoms with van der Waals surface area (Å²) in [6, 6.07) is 0. The predicted molar refractivity (Wildman–Crippen MR) is 34.5 cm³/mol. The number of aliphatic carboxylic acids is 1. The second-order valence-corrected chi connectivity index (χ2v) is 1.99. The van der Waals surface area contributed by atoms with Gasteiger partial charge in [0, 0.05) is 18.3 Å². The van der Waals surface area contributed by atoms with E-state index in [2.05, 4.69) is 5.32 Å². The van der Waals surface area contributed by atoms with Crippen LogP contribution in [0.25, 0.3) is 0 Å². The lowest BCUT2D eigenvalue weighted by molar-refractivity contribution is -0.131. The number of hydrogen-bond donors (Lipinski definition) is 2. The van der Waals surface area contributed by atoms with E-state index in [0.717, 1.165) is 6.08 Å². The van der Waals surface area contributed by atoms with Crippen LogP contribution in [0.15, 0.2) is 11.8 Å². The van der Waals surface area contributed by atoms with Crippen LogP contribution in [0.4, 0.5) is 0 Å². The van der Waals surface area contributed by atoms with Gasteiger partial charge in [-0.15, -0.1) is 0 Å². The summed E-state index contributed by atoms with van der Waals surface area (Å²) in [6.45, 7) is 1.72. The van der Waals surface area contributed by atoms with Crippen molar-refractivity contribution in [3.63, 3.8) is 0 Å². The SMILES string of the molecule is O=C(O)C=C1COCCN1. The molecule has 0 bridgehead atoms. The molecule has 1 fully saturated rings. The molecule has 0 aromatic heterocycles. The summed E-state index contributed by atoms with van der Waals surface area (Å²) < 4.78 is 4.99. The van der Waals surface area contributed by atoms with Gasteiger partial charge in [-0.2, -0.15) is 0 Å². The molecule has 1 aliphatic rings. The Kier molecular flexibility index (Phi) is 2.28. The fourth-order valence-electron chi connectivity index (χ4n) is 0.759. The molecule has 0 amide bonds. The highest BCUT2D eigenvalue weighted by molar-refractivity contribution is 5.80. The standard InChI is InChI=1S/C6H9NO3/c8-6(9)3-5-4-10-2-1-7-5/h3,7H,1-2,4H2,(H,8,9). The minimum atomic E-state index is -0.937. The maximum atomic E-state index is 10.1. The van der Waals surface area contributed by atoms with E-state index in [-0.39, 0.29) is 0 Å². The maximum Gasteiger partial charge on any atom is 0.330 e. The summed E-state index contributed by atoms with van der Waals surface area (Å²) in [5.41, 5.74) is 0.638. The van der Waals surface area contributed by atoms with Crippen molar-refractivity contribution in [1.82, 2.24) is 5.32 Å². The van der Waals surface area contributed by atoms with Crippen LogP contribution in [0, 0.1) is 0 Å². The monoisotopic (exact) mass is 143 g/mol. The van der Waals surface area contributed by atoms with Gasteiger partial charge in [0.05, 0.1) is 13.2 Å². The van der Waals surface area contributed by atoms with Gasteiger partial charge in [-0.05, 0) is 0 Å². The van der Waals surface area contributed by atoms with Crippen molar-refractivity contribution in [1.29, 1.82) is 0 Å². The Hall–Kier alpha value is -1.03. The summed E-state index contributed by atoms with van der Waals surface area (Å²) in [7, 11) is 0. The van der Waals surface area contributed by atoms with Crippen molar-refractivity contribution in [2.75, 3.05) is 19.8 Å². The molecule has 0 radical (unpaired) electrons. The predicted octanol–water partition coefficient (Wildman–Crippen LogP) is -0.425. The van der Waals surface area contributed by atoms with Crippen LogP contribution in [-0.2, 0) is 9.53 Å². The number of carbonyl (C=O) groups is 1. The smallest absolute Gasteiger partial charge is 0.330 e. The molecule has 0 saturated carbocycles. The molecule has 0 aromatic rings. The Bertz CT molecular complexity index is 156. The zero-order valence-electron chi connectivity index (χ0n) is 5.46. The first-order valence-corrected chi connectivity index (χ1v) is 3.04. The first-order valence-electron chi connectivity index (χ1n) is 3.04. The fraction of sp³-hybridized carbons (Fsp3) is 0.500. The molecule has 4 nitrogen and oxygen atoms in total. The average Bonchev–Trinajstić information content (AvgIpc) is 1.88. The Morgan fingerprint density at radius 3 is 3.10 bits per heavy atom. The quantitative estimate of drug-likeness (QED) is 0.489. The Morgan fingerprint density at radius 1 is 1.80 bits per heavy atom. The van der Waals surface area contributed by atoms with Crippen molar-refractivity contribution >= 4 is 5.97 Å². The van der Waals surface area contributed by atoms with Crippen LogP contribution in [-0.4, -0.2) is 30.8 Å². The third-order valence-corrected chi connectivity index (χ3v) is 1.15. The highest BCUT2D eigenvalue weighted by Crippen LogP contribution is 1.95. The maximum absolute atomic E-state index is 10.1. The minimum Gasteiger partial charge on any atom is -0.478 e.